The minimum atomic E-state index is -3.02. The van der Waals surface area contributed by atoms with Gasteiger partial charge in [-0.3, -0.25) is 0 Å². The molecule has 0 unspecified atom stereocenters. The first kappa shape index (κ1) is 13.6. The maximum atomic E-state index is 10.3. The summed E-state index contributed by atoms with van der Waals surface area (Å²) in [6, 6.07) is 7.99. The summed E-state index contributed by atoms with van der Waals surface area (Å²) < 4.78 is 10.8. The number of rotatable bonds is 6. The summed E-state index contributed by atoms with van der Waals surface area (Å²) in [6.45, 7) is 6.73. The van der Waals surface area contributed by atoms with E-state index in [0.717, 1.165) is 11.1 Å². The summed E-state index contributed by atoms with van der Waals surface area (Å²) >= 11 is 0. The molecule has 0 bridgehead atoms. The normalized spacial score (nSPS) is 12.8. The molecule has 0 saturated carbocycles. The van der Waals surface area contributed by atoms with Crippen molar-refractivity contribution < 1.29 is 13.9 Å². The van der Waals surface area contributed by atoms with E-state index in [0.29, 0.717) is 19.4 Å². The molecule has 1 N–H and O–H groups in total. The minimum absolute atomic E-state index is 0.481. The molecule has 0 atom stereocenters. The van der Waals surface area contributed by atoms with Crippen molar-refractivity contribution in [2.24, 2.45) is 0 Å². The van der Waals surface area contributed by atoms with Gasteiger partial charge in [0.2, 0.25) is 0 Å². The molecule has 1 aromatic carbocycles. The maximum absolute atomic E-state index is 10.3. The molecule has 0 aliphatic carbocycles. The van der Waals surface area contributed by atoms with E-state index in [2.05, 4.69) is 0 Å². The second-order valence-corrected chi connectivity index (χ2v) is 6.04. The monoisotopic (exact) mass is 244 g/mol. The summed E-state index contributed by atoms with van der Waals surface area (Å²) in [4.78, 5) is 10.3. The number of aryl methyl sites for hydroxylation is 1. The molecule has 4 heteroatoms. The molecule has 0 heterocycles. The Labute approximate surface area is 98.0 Å². The molecule has 0 aromatic heterocycles. The summed E-state index contributed by atoms with van der Waals surface area (Å²) in [7, 11) is -3.02. The van der Waals surface area contributed by atoms with Crippen LogP contribution in [0.15, 0.2) is 24.3 Å². The zero-order chi connectivity index (χ0) is 12.0. The molecule has 0 aliphatic rings. The van der Waals surface area contributed by atoms with Crippen LogP contribution in [-0.4, -0.2) is 18.1 Å². The summed E-state index contributed by atoms with van der Waals surface area (Å²) in [6.07, 6.45) is 0.487. The summed E-state index contributed by atoms with van der Waals surface area (Å²) in [5.41, 5.74) is 2.26. The van der Waals surface area contributed by atoms with Gasteiger partial charge in [-0.1, -0.05) is 0 Å². The van der Waals surface area contributed by atoms with Crippen LogP contribution in [0, 0.1) is 6.92 Å². The first-order chi connectivity index (χ1) is 7.61. The van der Waals surface area contributed by atoms with Gasteiger partial charge in [-0.15, -0.1) is 0 Å². The molecule has 0 fully saturated rings. The van der Waals surface area contributed by atoms with Gasteiger partial charge in [0.05, 0.1) is 0 Å². The number of hydrogen-bond donors (Lipinski definition) is 1. The SMILES string of the molecule is CCO[PH](O)(Cc1ccccc1C)OCC. The molecule has 1 rings (SSSR count). The van der Waals surface area contributed by atoms with E-state index < -0.39 is 7.94 Å². The molecule has 1 aromatic rings. The Morgan fingerprint density at radius 3 is 2.19 bits per heavy atom. The fourth-order valence-corrected chi connectivity index (χ4v) is 3.71. The molecular weight excluding hydrogens is 223 g/mol. The first-order valence-corrected chi connectivity index (χ1v) is 7.63. The van der Waals surface area contributed by atoms with Crippen LogP contribution in [0.2, 0.25) is 0 Å². The van der Waals surface area contributed by atoms with E-state index in [9.17, 15) is 4.89 Å². The summed E-state index contributed by atoms with van der Waals surface area (Å²) in [5, 5.41) is 0. The molecule has 0 amide bonds. The van der Waals surface area contributed by atoms with Crippen molar-refractivity contribution in [2.45, 2.75) is 26.9 Å². The van der Waals surface area contributed by atoms with Gasteiger partial charge in [0, 0.05) is 0 Å². The van der Waals surface area contributed by atoms with Gasteiger partial charge in [0.15, 0.2) is 0 Å². The van der Waals surface area contributed by atoms with Crippen LogP contribution in [0.25, 0.3) is 0 Å². The third kappa shape index (κ3) is 3.84. The molecule has 92 valence electrons. The quantitative estimate of drug-likeness (QED) is 0.782. The Hall–Kier alpha value is -0.470. The van der Waals surface area contributed by atoms with Crippen molar-refractivity contribution in [1.82, 2.24) is 0 Å². The van der Waals surface area contributed by atoms with Gasteiger partial charge in [0.1, 0.15) is 0 Å². The van der Waals surface area contributed by atoms with E-state index in [-0.39, 0.29) is 0 Å². The molecule has 0 spiro atoms. The van der Waals surface area contributed by atoms with E-state index in [4.69, 9.17) is 9.05 Å². The fraction of sp³-hybridized carbons (Fsp3) is 0.500. The van der Waals surface area contributed by atoms with Gasteiger partial charge in [-0.2, -0.15) is 0 Å². The Balaban J connectivity index is 2.79. The van der Waals surface area contributed by atoms with Crippen molar-refractivity contribution >= 4 is 7.94 Å². The Morgan fingerprint density at radius 2 is 1.69 bits per heavy atom. The van der Waals surface area contributed by atoms with Crippen molar-refractivity contribution in [3.8, 4) is 0 Å². The van der Waals surface area contributed by atoms with Crippen LogP contribution in [0.1, 0.15) is 25.0 Å². The third-order valence-electron chi connectivity index (χ3n) is 2.41. The van der Waals surface area contributed by atoms with Gasteiger partial charge in [-0.25, -0.2) is 0 Å². The van der Waals surface area contributed by atoms with E-state index >= 15 is 0 Å². The molecular formula is C12H21O3P. The van der Waals surface area contributed by atoms with Gasteiger partial charge in [0.25, 0.3) is 0 Å². The fourth-order valence-electron chi connectivity index (χ4n) is 1.64. The predicted molar refractivity (Wildman–Crippen MR) is 68.7 cm³/mol. The Bertz CT molecular complexity index is 322. The second-order valence-electron chi connectivity index (χ2n) is 3.68. The molecule has 0 saturated heterocycles. The molecule has 0 radical (unpaired) electrons. The van der Waals surface area contributed by atoms with Gasteiger partial charge >= 0.3 is 97.4 Å². The Morgan fingerprint density at radius 1 is 1.12 bits per heavy atom. The average molecular weight is 244 g/mol. The van der Waals surface area contributed by atoms with Crippen molar-refractivity contribution in [3.05, 3.63) is 35.4 Å². The predicted octanol–water partition coefficient (Wildman–Crippen LogP) is 3.06. The standard InChI is InChI=1S/C12H21O3P/c1-4-14-16(13,15-5-2)10-12-9-7-6-8-11(12)3/h6-9,13,16H,4-5,10H2,1-3H3. The van der Waals surface area contributed by atoms with Crippen LogP contribution >= 0.6 is 7.94 Å². The number of hydrogen-bond acceptors (Lipinski definition) is 3. The van der Waals surface area contributed by atoms with Crippen LogP contribution in [-0.2, 0) is 15.2 Å². The van der Waals surface area contributed by atoms with Crippen molar-refractivity contribution in [3.63, 3.8) is 0 Å². The Kier molecular flexibility index (Phi) is 5.36. The number of benzene rings is 1. The van der Waals surface area contributed by atoms with E-state index in [1.165, 1.54) is 0 Å². The first-order valence-electron chi connectivity index (χ1n) is 5.66. The molecule has 16 heavy (non-hydrogen) atoms. The van der Waals surface area contributed by atoms with Gasteiger partial charge in [-0.05, 0) is 0 Å². The second kappa shape index (κ2) is 6.31. The van der Waals surface area contributed by atoms with Crippen LogP contribution in [0.4, 0.5) is 0 Å². The van der Waals surface area contributed by atoms with Crippen molar-refractivity contribution in [2.75, 3.05) is 13.2 Å². The van der Waals surface area contributed by atoms with Crippen LogP contribution in [0.5, 0.6) is 0 Å². The topological polar surface area (TPSA) is 38.7 Å². The van der Waals surface area contributed by atoms with E-state index in [1.54, 1.807) is 0 Å². The van der Waals surface area contributed by atoms with E-state index in [1.807, 2.05) is 45.0 Å². The summed E-state index contributed by atoms with van der Waals surface area (Å²) in [5.74, 6) is 0. The average Bonchev–Trinajstić information content (AvgIpc) is 2.22. The van der Waals surface area contributed by atoms with Crippen LogP contribution < -0.4 is 0 Å². The van der Waals surface area contributed by atoms with Crippen molar-refractivity contribution in [1.29, 1.82) is 0 Å². The van der Waals surface area contributed by atoms with Crippen LogP contribution in [0.3, 0.4) is 0 Å². The van der Waals surface area contributed by atoms with Gasteiger partial charge < -0.3 is 0 Å². The zero-order valence-corrected chi connectivity index (χ0v) is 11.2. The molecule has 0 aliphatic heterocycles. The molecule has 3 nitrogen and oxygen atoms in total. The zero-order valence-electron chi connectivity index (χ0n) is 10.2. The third-order valence-corrected chi connectivity index (χ3v) is 4.72.